The molecule has 0 aliphatic carbocycles. The normalized spacial score (nSPS) is 13.7. The van der Waals surface area contributed by atoms with Crippen LogP contribution in [0, 0.1) is 4.91 Å². The molecule has 1 atom stereocenters. The number of aryl methyl sites for hydroxylation is 1. The minimum Gasteiger partial charge on any atom is -0.493 e. The van der Waals surface area contributed by atoms with Crippen molar-refractivity contribution in [1.29, 1.82) is 0 Å². The van der Waals surface area contributed by atoms with E-state index in [0.717, 1.165) is 46.7 Å². The van der Waals surface area contributed by atoms with E-state index in [0.29, 0.717) is 25.3 Å². The van der Waals surface area contributed by atoms with Gasteiger partial charge in [-0.3, -0.25) is 14.5 Å². The number of anilines is 1. The maximum Gasteiger partial charge on any atom is 0.238 e. The van der Waals surface area contributed by atoms with Crippen molar-refractivity contribution in [1.82, 2.24) is 5.32 Å². The number of ether oxygens (including phenoxy) is 2. The molecule has 0 aromatic heterocycles. The number of carbonyl (C=O) groups is 2. The summed E-state index contributed by atoms with van der Waals surface area (Å²) >= 11 is 1.63. The summed E-state index contributed by atoms with van der Waals surface area (Å²) in [5.41, 5.74) is 5.18. The smallest absolute Gasteiger partial charge is 0.238 e. The molecule has 0 saturated carbocycles. The molecular weight excluding hydrogens is 562 g/mol. The van der Waals surface area contributed by atoms with Gasteiger partial charge >= 0.3 is 0 Å². The van der Waals surface area contributed by atoms with Gasteiger partial charge in [0.2, 0.25) is 11.8 Å². The standard InChI is InChI=1S/C18H18N2O2S.C14H21NO3.C2H6/c1-2-13-6-8-15(9-7-13)18-20(17(21)12-23-18)16-5-3-4-14(10-16)11-19-22;1-4-14(16)15-9-8-11-6-7-12(17-3)13(10-11)18-5-2;1-2/h3-10,18H,2,11-12H2,1H3;6-7,10H,4-5,8-9H2,1-3H3,(H,15,16);1-2H3. The van der Waals surface area contributed by atoms with Crippen LogP contribution in [-0.4, -0.2) is 37.8 Å². The molecule has 3 aromatic rings. The average molecular weight is 608 g/mol. The summed E-state index contributed by atoms with van der Waals surface area (Å²) in [5, 5.41) is 5.76. The van der Waals surface area contributed by atoms with Gasteiger partial charge in [0.1, 0.15) is 11.9 Å². The molecule has 0 spiro atoms. The molecule has 1 heterocycles. The Morgan fingerprint density at radius 1 is 0.977 bits per heavy atom. The molecule has 9 heteroatoms. The van der Waals surface area contributed by atoms with E-state index in [9.17, 15) is 14.5 Å². The molecule has 4 rings (SSSR count). The topological polar surface area (TPSA) is 97.3 Å². The van der Waals surface area contributed by atoms with E-state index >= 15 is 0 Å². The molecule has 1 N–H and O–H groups in total. The van der Waals surface area contributed by atoms with Crippen molar-refractivity contribution < 1.29 is 19.1 Å². The number of carbonyl (C=O) groups excluding carboxylic acids is 2. The van der Waals surface area contributed by atoms with Crippen molar-refractivity contribution in [3.05, 3.63) is 93.9 Å². The molecular formula is C34H45N3O5S. The van der Waals surface area contributed by atoms with Gasteiger partial charge < -0.3 is 14.8 Å². The Morgan fingerprint density at radius 3 is 2.33 bits per heavy atom. The summed E-state index contributed by atoms with van der Waals surface area (Å²) in [4.78, 5) is 35.8. The van der Waals surface area contributed by atoms with Crippen LogP contribution in [0.2, 0.25) is 0 Å². The second-order valence-electron chi connectivity index (χ2n) is 9.35. The number of hydrogen-bond acceptors (Lipinski definition) is 7. The lowest BCUT2D eigenvalue weighted by atomic mass is 10.1. The highest BCUT2D eigenvalue weighted by molar-refractivity contribution is 8.00. The van der Waals surface area contributed by atoms with Crippen molar-refractivity contribution in [2.45, 2.75) is 65.8 Å². The first-order valence-electron chi connectivity index (χ1n) is 14.9. The summed E-state index contributed by atoms with van der Waals surface area (Å²) in [7, 11) is 1.62. The molecule has 1 unspecified atom stereocenters. The number of nitroso groups, excluding NO2 is 1. The molecule has 1 fully saturated rings. The number of nitrogens with one attached hydrogen (secondary N) is 1. The monoisotopic (exact) mass is 607 g/mol. The van der Waals surface area contributed by atoms with E-state index in [-0.39, 0.29) is 23.7 Å². The molecule has 232 valence electrons. The maximum absolute atomic E-state index is 12.4. The van der Waals surface area contributed by atoms with Gasteiger partial charge in [0, 0.05) is 18.7 Å². The van der Waals surface area contributed by atoms with E-state index in [1.54, 1.807) is 18.9 Å². The second-order valence-corrected chi connectivity index (χ2v) is 10.4. The van der Waals surface area contributed by atoms with Crippen LogP contribution in [0.1, 0.15) is 68.7 Å². The Kier molecular flexibility index (Phi) is 15.9. The largest absolute Gasteiger partial charge is 0.493 e. The van der Waals surface area contributed by atoms with Gasteiger partial charge in [-0.05, 0) is 66.3 Å². The lowest BCUT2D eigenvalue weighted by Gasteiger charge is -2.25. The minimum absolute atomic E-state index is 0.0205. The zero-order valence-corrected chi connectivity index (χ0v) is 27.0. The number of benzene rings is 3. The number of nitrogens with zero attached hydrogens (tertiary/aromatic N) is 2. The zero-order chi connectivity index (χ0) is 31.6. The van der Waals surface area contributed by atoms with Crippen molar-refractivity contribution in [3.8, 4) is 11.5 Å². The highest BCUT2D eigenvalue weighted by Gasteiger charge is 2.34. The zero-order valence-electron chi connectivity index (χ0n) is 26.2. The van der Waals surface area contributed by atoms with Gasteiger partial charge in [-0.25, -0.2) is 0 Å². The number of methoxy groups -OCH3 is 1. The third kappa shape index (κ3) is 10.7. The first kappa shape index (κ1) is 35.3. The Bertz CT molecular complexity index is 1300. The Labute approximate surface area is 260 Å². The highest BCUT2D eigenvalue weighted by Crippen LogP contribution is 2.42. The predicted molar refractivity (Wildman–Crippen MR) is 177 cm³/mol. The molecule has 2 amide bonds. The third-order valence-electron chi connectivity index (χ3n) is 6.56. The molecule has 0 radical (unpaired) electrons. The molecule has 0 bridgehead atoms. The Balaban J connectivity index is 0.000000293. The van der Waals surface area contributed by atoms with Crippen LogP contribution in [0.25, 0.3) is 0 Å². The first-order chi connectivity index (χ1) is 20.9. The van der Waals surface area contributed by atoms with Crippen molar-refractivity contribution >= 4 is 29.3 Å². The average Bonchev–Trinajstić information content (AvgIpc) is 3.44. The maximum atomic E-state index is 12.4. The number of amides is 2. The van der Waals surface area contributed by atoms with E-state index < -0.39 is 0 Å². The van der Waals surface area contributed by atoms with Gasteiger partial charge in [0.05, 0.1) is 19.5 Å². The SMILES string of the molecule is CC.CCOc1cc(CCNC(=O)CC)ccc1OC.CCc1ccc(C2SCC(=O)N2c2cccc(CN=O)c2)cc1. The summed E-state index contributed by atoms with van der Waals surface area (Å²) in [6.45, 7) is 11.3. The fraction of sp³-hybridized carbons (Fsp3) is 0.412. The lowest BCUT2D eigenvalue weighted by molar-refractivity contribution is -0.120. The van der Waals surface area contributed by atoms with Gasteiger partial charge in [-0.15, -0.1) is 11.8 Å². The Morgan fingerprint density at radius 2 is 1.70 bits per heavy atom. The molecule has 3 aromatic carbocycles. The quantitative estimate of drug-likeness (QED) is 0.214. The summed E-state index contributed by atoms with van der Waals surface area (Å²) < 4.78 is 10.7. The number of thioether (sulfide) groups is 1. The summed E-state index contributed by atoms with van der Waals surface area (Å²) in [5.74, 6) is 2.12. The highest BCUT2D eigenvalue weighted by atomic mass is 32.2. The first-order valence-corrected chi connectivity index (χ1v) is 16.0. The molecule has 1 saturated heterocycles. The fourth-order valence-electron chi connectivity index (χ4n) is 4.36. The van der Waals surface area contributed by atoms with Crippen LogP contribution < -0.4 is 19.7 Å². The van der Waals surface area contributed by atoms with Crippen LogP contribution in [-0.2, 0) is 29.0 Å². The van der Waals surface area contributed by atoms with Gasteiger partial charge in [-0.2, -0.15) is 4.91 Å². The van der Waals surface area contributed by atoms with E-state index in [2.05, 4.69) is 41.7 Å². The van der Waals surface area contributed by atoms with Crippen molar-refractivity contribution in [3.63, 3.8) is 0 Å². The fourth-order valence-corrected chi connectivity index (χ4v) is 5.54. The van der Waals surface area contributed by atoms with Crippen LogP contribution in [0.3, 0.4) is 0 Å². The van der Waals surface area contributed by atoms with Crippen LogP contribution in [0.4, 0.5) is 5.69 Å². The van der Waals surface area contributed by atoms with Crippen molar-refractivity contribution in [2.75, 3.05) is 30.9 Å². The van der Waals surface area contributed by atoms with Crippen LogP contribution in [0.15, 0.2) is 71.9 Å². The molecule has 8 nitrogen and oxygen atoms in total. The van der Waals surface area contributed by atoms with Gasteiger partial charge in [-0.1, -0.05) is 75.3 Å². The van der Waals surface area contributed by atoms with Crippen LogP contribution in [0.5, 0.6) is 11.5 Å². The molecule has 1 aliphatic heterocycles. The van der Waals surface area contributed by atoms with Gasteiger partial charge in [0.25, 0.3) is 0 Å². The summed E-state index contributed by atoms with van der Waals surface area (Å²) in [6, 6.07) is 21.8. The third-order valence-corrected chi connectivity index (χ3v) is 7.77. The number of rotatable bonds is 12. The number of hydrogen-bond donors (Lipinski definition) is 1. The Hall–Kier alpha value is -3.85. The molecule has 1 aliphatic rings. The van der Waals surface area contributed by atoms with Crippen molar-refractivity contribution in [2.24, 2.45) is 5.18 Å². The minimum atomic E-state index is -0.0205. The summed E-state index contributed by atoms with van der Waals surface area (Å²) in [6.07, 6.45) is 2.31. The van der Waals surface area contributed by atoms with E-state index in [4.69, 9.17) is 9.47 Å². The lowest BCUT2D eigenvalue weighted by Crippen LogP contribution is -2.27. The van der Waals surface area contributed by atoms with Gasteiger partial charge in [0.15, 0.2) is 11.5 Å². The predicted octanol–water partition coefficient (Wildman–Crippen LogP) is 7.48. The molecule has 43 heavy (non-hydrogen) atoms. The second kappa shape index (κ2) is 19.4. The van der Waals surface area contributed by atoms with Crippen LogP contribution >= 0.6 is 11.8 Å². The van der Waals surface area contributed by atoms with E-state index in [1.165, 1.54) is 5.56 Å². The van der Waals surface area contributed by atoms with E-state index in [1.807, 2.05) is 75.1 Å².